The SMILES string of the molecule is COc1ccc(CC2(O)CC3CCC(C2)N3)cc1F. The van der Waals surface area contributed by atoms with Crippen molar-refractivity contribution in [2.45, 2.75) is 49.8 Å². The number of benzene rings is 1. The third kappa shape index (κ3) is 2.60. The second kappa shape index (κ2) is 4.76. The van der Waals surface area contributed by atoms with Gasteiger partial charge in [-0.05, 0) is 43.4 Å². The van der Waals surface area contributed by atoms with Gasteiger partial charge in [-0.2, -0.15) is 0 Å². The summed E-state index contributed by atoms with van der Waals surface area (Å²) in [5.41, 5.74) is 0.139. The molecule has 1 aromatic carbocycles. The molecule has 19 heavy (non-hydrogen) atoms. The first-order valence-corrected chi connectivity index (χ1v) is 6.89. The highest BCUT2D eigenvalue weighted by Crippen LogP contribution is 2.36. The highest BCUT2D eigenvalue weighted by Gasteiger charge is 2.42. The summed E-state index contributed by atoms with van der Waals surface area (Å²) >= 11 is 0. The zero-order valence-electron chi connectivity index (χ0n) is 11.2. The maximum absolute atomic E-state index is 13.7. The Hall–Kier alpha value is -1.13. The van der Waals surface area contributed by atoms with E-state index in [1.807, 2.05) is 6.07 Å². The minimum atomic E-state index is -0.696. The van der Waals surface area contributed by atoms with Crippen LogP contribution in [0.25, 0.3) is 0 Å². The molecule has 2 bridgehead atoms. The summed E-state index contributed by atoms with van der Waals surface area (Å²) in [7, 11) is 1.45. The minimum Gasteiger partial charge on any atom is -0.494 e. The quantitative estimate of drug-likeness (QED) is 0.878. The van der Waals surface area contributed by atoms with E-state index in [0.29, 0.717) is 18.5 Å². The highest BCUT2D eigenvalue weighted by atomic mass is 19.1. The summed E-state index contributed by atoms with van der Waals surface area (Å²) < 4.78 is 18.6. The van der Waals surface area contributed by atoms with E-state index >= 15 is 0 Å². The number of halogens is 1. The summed E-state index contributed by atoms with van der Waals surface area (Å²) in [6.07, 6.45) is 4.32. The first-order chi connectivity index (χ1) is 9.08. The van der Waals surface area contributed by atoms with Crippen molar-refractivity contribution in [1.82, 2.24) is 5.32 Å². The van der Waals surface area contributed by atoms with Crippen molar-refractivity contribution in [1.29, 1.82) is 0 Å². The van der Waals surface area contributed by atoms with E-state index in [9.17, 15) is 9.50 Å². The Morgan fingerprint density at radius 1 is 1.37 bits per heavy atom. The van der Waals surface area contributed by atoms with Crippen molar-refractivity contribution >= 4 is 0 Å². The van der Waals surface area contributed by atoms with Gasteiger partial charge < -0.3 is 15.2 Å². The summed E-state index contributed by atoms with van der Waals surface area (Å²) in [6.45, 7) is 0. The van der Waals surface area contributed by atoms with Crippen molar-refractivity contribution in [3.8, 4) is 5.75 Å². The molecule has 0 aromatic heterocycles. The van der Waals surface area contributed by atoms with Crippen LogP contribution in [0.2, 0.25) is 0 Å². The molecule has 2 aliphatic heterocycles. The van der Waals surface area contributed by atoms with Gasteiger partial charge in [-0.25, -0.2) is 4.39 Å². The Kier molecular flexibility index (Phi) is 3.23. The van der Waals surface area contributed by atoms with Gasteiger partial charge in [-0.15, -0.1) is 0 Å². The van der Waals surface area contributed by atoms with Crippen LogP contribution in [-0.4, -0.2) is 29.9 Å². The van der Waals surface area contributed by atoms with Gasteiger partial charge in [0.2, 0.25) is 0 Å². The number of hydrogen-bond acceptors (Lipinski definition) is 3. The highest BCUT2D eigenvalue weighted by molar-refractivity contribution is 5.30. The van der Waals surface area contributed by atoms with Gasteiger partial charge in [0.05, 0.1) is 12.7 Å². The number of methoxy groups -OCH3 is 1. The van der Waals surface area contributed by atoms with Gasteiger partial charge >= 0.3 is 0 Å². The molecule has 0 aliphatic carbocycles. The van der Waals surface area contributed by atoms with Crippen LogP contribution < -0.4 is 10.1 Å². The van der Waals surface area contributed by atoms with E-state index < -0.39 is 5.60 Å². The molecule has 1 aromatic rings. The molecule has 3 nitrogen and oxygen atoms in total. The fourth-order valence-electron chi connectivity index (χ4n) is 3.57. The average Bonchev–Trinajstić information content (AvgIpc) is 2.69. The minimum absolute atomic E-state index is 0.251. The largest absolute Gasteiger partial charge is 0.494 e. The number of nitrogens with one attached hydrogen (secondary N) is 1. The molecule has 3 rings (SSSR count). The monoisotopic (exact) mass is 265 g/mol. The van der Waals surface area contributed by atoms with E-state index in [-0.39, 0.29) is 11.6 Å². The number of ether oxygens (including phenoxy) is 1. The number of piperidine rings is 1. The molecule has 2 heterocycles. The Balaban J connectivity index is 1.75. The molecular formula is C15H20FNO2. The standard InChI is InChI=1S/C15H20FNO2/c1-19-14-5-2-10(6-13(14)16)7-15(18)8-11-3-4-12(9-15)17-11/h2,5-6,11-12,17-18H,3-4,7-9H2,1H3. The van der Waals surface area contributed by atoms with Crippen molar-refractivity contribution in [3.63, 3.8) is 0 Å². The van der Waals surface area contributed by atoms with E-state index in [2.05, 4.69) is 5.32 Å². The molecule has 0 spiro atoms. The topological polar surface area (TPSA) is 41.5 Å². The predicted octanol–water partition coefficient (Wildman–Crippen LogP) is 2.02. The predicted molar refractivity (Wildman–Crippen MR) is 70.8 cm³/mol. The number of fused-ring (bicyclic) bond motifs is 2. The van der Waals surface area contributed by atoms with Gasteiger partial charge in [0.15, 0.2) is 11.6 Å². The number of rotatable bonds is 3. The fraction of sp³-hybridized carbons (Fsp3) is 0.600. The van der Waals surface area contributed by atoms with Crippen LogP contribution in [-0.2, 0) is 6.42 Å². The fourth-order valence-corrected chi connectivity index (χ4v) is 3.57. The van der Waals surface area contributed by atoms with Crippen molar-refractivity contribution in [2.24, 2.45) is 0 Å². The Morgan fingerprint density at radius 3 is 2.63 bits per heavy atom. The van der Waals surface area contributed by atoms with E-state index in [0.717, 1.165) is 31.2 Å². The molecule has 104 valence electrons. The van der Waals surface area contributed by atoms with Gasteiger partial charge in [-0.3, -0.25) is 0 Å². The zero-order valence-corrected chi connectivity index (χ0v) is 11.2. The summed E-state index contributed by atoms with van der Waals surface area (Å²) in [6, 6.07) is 5.78. The second-order valence-corrected chi connectivity index (χ2v) is 5.92. The first kappa shape index (κ1) is 12.9. The van der Waals surface area contributed by atoms with E-state index in [4.69, 9.17) is 4.74 Å². The van der Waals surface area contributed by atoms with Gasteiger partial charge in [0.25, 0.3) is 0 Å². The van der Waals surface area contributed by atoms with E-state index in [1.54, 1.807) is 6.07 Å². The van der Waals surface area contributed by atoms with Crippen LogP contribution in [0.3, 0.4) is 0 Å². The molecular weight excluding hydrogens is 245 g/mol. The molecule has 2 N–H and O–H groups in total. The lowest BCUT2D eigenvalue weighted by molar-refractivity contribution is -0.00613. The van der Waals surface area contributed by atoms with Gasteiger partial charge in [0.1, 0.15) is 0 Å². The van der Waals surface area contributed by atoms with Crippen LogP contribution in [0.5, 0.6) is 5.75 Å². The maximum atomic E-state index is 13.7. The Morgan fingerprint density at radius 2 is 2.05 bits per heavy atom. The van der Waals surface area contributed by atoms with E-state index in [1.165, 1.54) is 13.2 Å². The average molecular weight is 265 g/mol. The molecule has 2 unspecified atom stereocenters. The molecule has 2 aliphatic rings. The smallest absolute Gasteiger partial charge is 0.165 e. The summed E-state index contributed by atoms with van der Waals surface area (Å²) in [4.78, 5) is 0. The first-order valence-electron chi connectivity index (χ1n) is 6.89. The maximum Gasteiger partial charge on any atom is 0.165 e. The molecule has 0 saturated carbocycles. The van der Waals surface area contributed by atoms with Crippen LogP contribution in [0, 0.1) is 5.82 Å². The lowest BCUT2D eigenvalue weighted by Gasteiger charge is -2.37. The summed E-state index contributed by atoms with van der Waals surface area (Å²) in [5.74, 6) is -0.110. The molecule has 2 fully saturated rings. The van der Waals surface area contributed by atoms with Crippen molar-refractivity contribution in [2.75, 3.05) is 7.11 Å². The van der Waals surface area contributed by atoms with Gasteiger partial charge in [-0.1, -0.05) is 6.07 Å². The normalized spacial score (nSPS) is 33.4. The number of aliphatic hydroxyl groups is 1. The van der Waals surface area contributed by atoms with Crippen LogP contribution >= 0.6 is 0 Å². The molecule has 4 heteroatoms. The van der Waals surface area contributed by atoms with Crippen LogP contribution in [0.4, 0.5) is 4.39 Å². The second-order valence-electron chi connectivity index (χ2n) is 5.92. The lowest BCUT2D eigenvalue weighted by atomic mass is 9.82. The molecule has 0 amide bonds. The van der Waals surface area contributed by atoms with Crippen LogP contribution in [0.1, 0.15) is 31.2 Å². The summed E-state index contributed by atoms with van der Waals surface area (Å²) in [5, 5.41) is 14.2. The van der Waals surface area contributed by atoms with Crippen molar-refractivity contribution < 1.29 is 14.2 Å². The number of hydrogen-bond donors (Lipinski definition) is 2. The molecule has 2 atom stereocenters. The Bertz CT molecular complexity index is 465. The molecule has 0 radical (unpaired) electrons. The Labute approximate surface area is 112 Å². The lowest BCUT2D eigenvalue weighted by Crippen LogP contribution is -2.49. The van der Waals surface area contributed by atoms with Crippen molar-refractivity contribution in [3.05, 3.63) is 29.6 Å². The zero-order chi connectivity index (χ0) is 13.5. The third-order valence-corrected chi connectivity index (χ3v) is 4.34. The third-order valence-electron chi connectivity index (χ3n) is 4.34. The molecule has 2 saturated heterocycles. The van der Waals surface area contributed by atoms with Crippen LogP contribution in [0.15, 0.2) is 18.2 Å². The van der Waals surface area contributed by atoms with Gasteiger partial charge in [0, 0.05) is 18.5 Å².